The van der Waals surface area contributed by atoms with Gasteiger partial charge in [-0.2, -0.15) is 0 Å². The minimum absolute atomic E-state index is 0.172. The molecule has 0 radical (unpaired) electrons. The summed E-state index contributed by atoms with van der Waals surface area (Å²) in [4.78, 5) is 37.5. The van der Waals surface area contributed by atoms with Crippen molar-refractivity contribution in [3.8, 4) is 0 Å². The molecule has 0 bridgehead atoms. The number of ether oxygens (including phenoxy) is 4. The molecule has 0 spiro atoms. The zero-order valence-corrected chi connectivity index (χ0v) is 48.2. The van der Waals surface area contributed by atoms with Crippen LogP contribution >= 0.6 is 0 Å². The van der Waals surface area contributed by atoms with Crippen molar-refractivity contribution in [2.24, 2.45) is 0 Å². The number of hydrogen-bond acceptors (Lipinski definition) is 7. The third-order valence-corrected chi connectivity index (χ3v) is 14.4. The fraction of sp³-hybridized carbons (Fsp3) is 0.952. The molecule has 2 unspecified atom stereocenters. The molecule has 0 aliphatic rings. The lowest BCUT2D eigenvalue weighted by Crippen LogP contribution is -2.40. The number of nitrogens with zero attached hydrogens (tertiary/aromatic N) is 1. The number of unbranched alkanes of at least 4 members (excludes halogenated alkanes) is 44. The van der Waals surface area contributed by atoms with E-state index in [1.165, 1.54) is 257 Å². The highest BCUT2D eigenvalue weighted by atomic mass is 16.7. The van der Waals surface area contributed by atoms with Gasteiger partial charge in [-0.1, -0.05) is 296 Å². The van der Waals surface area contributed by atoms with Gasteiger partial charge in [-0.3, -0.25) is 9.59 Å². The van der Waals surface area contributed by atoms with Gasteiger partial charge in [0.15, 0.2) is 6.10 Å². The first kappa shape index (κ1) is 69.3. The molecular formula is C62H122NO8+. The predicted molar refractivity (Wildman–Crippen MR) is 300 cm³/mol. The average molecular weight is 1010 g/mol. The third-order valence-electron chi connectivity index (χ3n) is 14.4. The summed E-state index contributed by atoms with van der Waals surface area (Å²) in [6, 6.07) is 0. The first-order chi connectivity index (χ1) is 34.6. The number of carboxylic acids is 1. The molecule has 71 heavy (non-hydrogen) atoms. The van der Waals surface area contributed by atoms with E-state index in [4.69, 9.17) is 18.9 Å². The highest BCUT2D eigenvalue weighted by molar-refractivity contribution is 5.71. The van der Waals surface area contributed by atoms with E-state index in [1.54, 1.807) is 0 Å². The SMILES string of the molecule is CCCCCCCCCCCCCCCCCCCCCCCCCCCCCCC(=O)OC(COC(=O)CCCCCCCCCCCCCCCCCCCC)COC(OCC[N+](C)(C)C)C(=O)O. The van der Waals surface area contributed by atoms with E-state index in [0.717, 1.165) is 38.5 Å². The van der Waals surface area contributed by atoms with Crippen LogP contribution in [0, 0.1) is 0 Å². The van der Waals surface area contributed by atoms with Gasteiger partial charge in [0.25, 0.3) is 6.29 Å². The first-order valence-electron chi connectivity index (χ1n) is 31.2. The zero-order valence-electron chi connectivity index (χ0n) is 48.2. The first-order valence-corrected chi connectivity index (χ1v) is 31.2. The number of rotatable bonds is 59. The molecule has 0 fully saturated rings. The van der Waals surface area contributed by atoms with Gasteiger partial charge in [0, 0.05) is 12.8 Å². The van der Waals surface area contributed by atoms with Crippen LogP contribution in [-0.4, -0.2) is 87.4 Å². The average Bonchev–Trinajstić information content (AvgIpc) is 3.34. The number of carbonyl (C=O) groups is 3. The van der Waals surface area contributed by atoms with Gasteiger partial charge in [-0.15, -0.1) is 0 Å². The van der Waals surface area contributed by atoms with Crippen LogP contribution in [0.4, 0.5) is 0 Å². The normalized spacial score (nSPS) is 12.6. The van der Waals surface area contributed by atoms with E-state index in [2.05, 4.69) is 13.8 Å². The van der Waals surface area contributed by atoms with Gasteiger partial charge in [0.2, 0.25) is 0 Å². The molecule has 0 aromatic heterocycles. The van der Waals surface area contributed by atoms with E-state index in [-0.39, 0.29) is 38.2 Å². The molecule has 0 heterocycles. The van der Waals surface area contributed by atoms with E-state index in [1.807, 2.05) is 21.1 Å². The summed E-state index contributed by atoms with van der Waals surface area (Å²) in [6.07, 6.45) is 59.1. The molecule has 0 saturated carbocycles. The van der Waals surface area contributed by atoms with Crippen LogP contribution in [0.1, 0.15) is 322 Å². The Morgan fingerprint density at radius 2 is 0.634 bits per heavy atom. The fourth-order valence-electron chi connectivity index (χ4n) is 9.55. The summed E-state index contributed by atoms with van der Waals surface area (Å²) in [5.41, 5.74) is 0. The molecule has 0 aromatic rings. The predicted octanol–water partition coefficient (Wildman–Crippen LogP) is 18.4. The lowest BCUT2D eigenvalue weighted by Gasteiger charge is -2.25. The number of esters is 2. The molecule has 0 aromatic carbocycles. The Morgan fingerprint density at radius 1 is 0.366 bits per heavy atom. The maximum absolute atomic E-state index is 12.9. The molecule has 9 nitrogen and oxygen atoms in total. The molecule has 422 valence electrons. The monoisotopic (exact) mass is 1010 g/mol. The van der Waals surface area contributed by atoms with E-state index in [0.29, 0.717) is 17.4 Å². The summed E-state index contributed by atoms with van der Waals surface area (Å²) in [5, 5.41) is 9.71. The number of carboxylic acid groups (broad SMARTS) is 1. The minimum atomic E-state index is -1.50. The Kier molecular flexibility index (Phi) is 53.2. The number of aliphatic carboxylic acids is 1. The number of likely N-dealkylation sites (N-methyl/N-ethyl adjacent to an activating group) is 1. The van der Waals surface area contributed by atoms with Gasteiger partial charge < -0.3 is 28.5 Å². The van der Waals surface area contributed by atoms with Crippen molar-refractivity contribution in [2.45, 2.75) is 334 Å². The largest absolute Gasteiger partial charge is 0.477 e. The smallest absolute Gasteiger partial charge is 0.361 e. The lowest BCUT2D eigenvalue weighted by atomic mass is 10.0. The Balaban J connectivity index is 4.10. The summed E-state index contributed by atoms with van der Waals surface area (Å²) >= 11 is 0. The van der Waals surface area contributed by atoms with Crippen molar-refractivity contribution in [1.82, 2.24) is 0 Å². The van der Waals surface area contributed by atoms with Crippen LogP contribution in [0.2, 0.25) is 0 Å². The summed E-state index contributed by atoms with van der Waals surface area (Å²) in [5.74, 6) is -1.97. The molecule has 0 rings (SSSR count). The Morgan fingerprint density at radius 3 is 0.901 bits per heavy atom. The molecule has 1 N–H and O–H groups in total. The van der Waals surface area contributed by atoms with Crippen molar-refractivity contribution >= 4 is 17.9 Å². The van der Waals surface area contributed by atoms with Gasteiger partial charge in [-0.25, -0.2) is 4.79 Å². The quantitative estimate of drug-likeness (QED) is 0.0278. The van der Waals surface area contributed by atoms with Crippen LogP contribution in [0.15, 0.2) is 0 Å². The van der Waals surface area contributed by atoms with E-state index < -0.39 is 18.4 Å². The maximum atomic E-state index is 12.9. The second-order valence-electron chi connectivity index (χ2n) is 22.7. The van der Waals surface area contributed by atoms with Crippen LogP contribution < -0.4 is 0 Å². The number of carbonyl (C=O) groups excluding carboxylic acids is 2. The summed E-state index contributed by atoms with van der Waals surface area (Å²) in [7, 11) is 5.99. The second kappa shape index (κ2) is 54.5. The molecule has 0 saturated heterocycles. The molecular weight excluding hydrogens is 887 g/mol. The van der Waals surface area contributed by atoms with Crippen LogP contribution in [0.25, 0.3) is 0 Å². The highest BCUT2D eigenvalue weighted by Gasteiger charge is 2.25. The van der Waals surface area contributed by atoms with Crippen molar-refractivity contribution in [3.05, 3.63) is 0 Å². The second-order valence-corrected chi connectivity index (χ2v) is 22.7. The fourth-order valence-corrected chi connectivity index (χ4v) is 9.55. The maximum Gasteiger partial charge on any atom is 0.361 e. The lowest BCUT2D eigenvalue weighted by molar-refractivity contribution is -0.870. The summed E-state index contributed by atoms with van der Waals surface area (Å²) < 4.78 is 22.9. The molecule has 0 aliphatic carbocycles. The van der Waals surface area contributed by atoms with Crippen molar-refractivity contribution in [2.75, 3.05) is 47.5 Å². The van der Waals surface area contributed by atoms with Crippen molar-refractivity contribution in [1.29, 1.82) is 0 Å². The van der Waals surface area contributed by atoms with Crippen molar-refractivity contribution < 1.29 is 42.9 Å². The Labute approximate surface area is 441 Å². The van der Waals surface area contributed by atoms with Gasteiger partial charge in [0.05, 0.1) is 34.4 Å². The summed E-state index contributed by atoms with van der Waals surface area (Å²) in [6.45, 7) is 4.96. The van der Waals surface area contributed by atoms with Gasteiger partial charge in [-0.05, 0) is 12.8 Å². The van der Waals surface area contributed by atoms with E-state index in [9.17, 15) is 19.5 Å². The molecule has 0 aliphatic heterocycles. The Hall–Kier alpha value is -1.71. The van der Waals surface area contributed by atoms with Crippen LogP contribution in [-0.2, 0) is 33.3 Å². The number of hydrogen-bond donors (Lipinski definition) is 1. The Bertz CT molecular complexity index is 1130. The molecule has 2 atom stereocenters. The highest BCUT2D eigenvalue weighted by Crippen LogP contribution is 2.19. The topological polar surface area (TPSA) is 108 Å². The van der Waals surface area contributed by atoms with Crippen LogP contribution in [0.5, 0.6) is 0 Å². The number of quaternary nitrogens is 1. The van der Waals surface area contributed by atoms with Crippen molar-refractivity contribution in [3.63, 3.8) is 0 Å². The zero-order chi connectivity index (χ0) is 52.0. The molecule has 0 amide bonds. The van der Waals surface area contributed by atoms with Crippen LogP contribution in [0.3, 0.4) is 0 Å². The van der Waals surface area contributed by atoms with E-state index >= 15 is 0 Å². The van der Waals surface area contributed by atoms with Gasteiger partial charge in [0.1, 0.15) is 13.2 Å². The standard InChI is InChI=1S/C62H121NO8/c1-6-8-10-12-14-16-18-20-22-24-26-27-28-29-30-31-32-33-34-35-37-39-41-43-45-47-49-51-53-60(65)71-58(57-70-62(61(66)67)68-55-54-63(3,4)5)56-69-59(64)52-50-48-46-44-42-40-38-36-25-23-21-19-17-15-13-11-9-7-2/h58,62H,6-57H2,1-5H3/p+1. The third kappa shape index (κ3) is 55.9. The minimum Gasteiger partial charge on any atom is -0.477 e. The molecule has 9 heteroatoms. The van der Waals surface area contributed by atoms with Gasteiger partial charge >= 0.3 is 17.9 Å².